The van der Waals surface area contributed by atoms with Crippen LogP contribution in [0.4, 0.5) is 5.69 Å². The summed E-state index contributed by atoms with van der Waals surface area (Å²) in [6.45, 7) is 5.92. The van der Waals surface area contributed by atoms with E-state index in [1.54, 1.807) is 22.8 Å². The Balaban J connectivity index is 1.38. The topological polar surface area (TPSA) is 98.0 Å². The van der Waals surface area contributed by atoms with Gasteiger partial charge in [0, 0.05) is 54.0 Å². The molecule has 0 unspecified atom stereocenters. The summed E-state index contributed by atoms with van der Waals surface area (Å²) in [6, 6.07) is 15.7. The van der Waals surface area contributed by atoms with Crippen LogP contribution in [0.5, 0.6) is 0 Å². The molecule has 212 valence electrons. The van der Waals surface area contributed by atoms with E-state index in [0.717, 1.165) is 46.4 Å². The number of hydrogen-bond donors (Lipinski definition) is 2. The van der Waals surface area contributed by atoms with Crippen molar-refractivity contribution in [2.75, 3.05) is 5.32 Å². The number of pyridine rings is 1. The van der Waals surface area contributed by atoms with Crippen LogP contribution in [0.25, 0.3) is 22.4 Å². The summed E-state index contributed by atoms with van der Waals surface area (Å²) in [4.78, 5) is 38.5. The molecule has 2 N–H and O–H groups in total. The van der Waals surface area contributed by atoms with Gasteiger partial charge in [-0.1, -0.05) is 29.8 Å². The molecule has 5 rings (SSSR count). The van der Waals surface area contributed by atoms with E-state index in [1.807, 2.05) is 81.3 Å². The Bertz CT molecular complexity index is 1630. The third-order valence-corrected chi connectivity index (χ3v) is 7.79. The number of nitrogens with zero attached hydrogens (tertiary/aromatic N) is 3. The minimum atomic E-state index is -0.820. The zero-order chi connectivity index (χ0) is 29.3. The van der Waals surface area contributed by atoms with Gasteiger partial charge in [0.1, 0.15) is 6.04 Å². The Morgan fingerprint density at radius 2 is 1.71 bits per heavy atom. The summed E-state index contributed by atoms with van der Waals surface area (Å²) < 4.78 is 3.50. The van der Waals surface area contributed by atoms with Crippen LogP contribution in [-0.2, 0) is 23.1 Å². The van der Waals surface area contributed by atoms with Gasteiger partial charge in [-0.3, -0.25) is 19.1 Å². The molecule has 1 aliphatic carbocycles. The van der Waals surface area contributed by atoms with Gasteiger partial charge in [0.05, 0.1) is 11.9 Å². The first-order valence-electron chi connectivity index (χ1n) is 13.8. The van der Waals surface area contributed by atoms with E-state index in [1.165, 1.54) is 0 Å². The van der Waals surface area contributed by atoms with Gasteiger partial charge in [0.2, 0.25) is 11.8 Å². The number of amides is 2. The number of aryl methyl sites for hydroxylation is 2. The lowest BCUT2D eigenvalue weighted by molar-refractivity contribution is -0.127. The highest BCUT2D eigenvalue weighted by Gasteiger charge is 2.33. The molecule has 0 radical (unpaired) electrons. The van der Waals surface area contributed by atoms with Crippen molar-refractivity contribution in [3.05, 3.63) is 93.5 Å². The van der Waals surface area contributed by atoms with Crippen molar-refractivity contribution in [3.63, 3.8) is 0 Å². The second kappa shape index (κ2) is 11.7. The number of benzene rings is 2. The summed E-state index contributed by atoms with van der Waals surface area (Å²) >= 11 is 6.60. The van der Waals surface area contributed by atoms with Crippen LogP contribution in [-0.4, -0.2) is 32.2 Å². The van der Waals surface area contributed by atoms with Crippen LogP contribution >= 0.6 is 11.6 Å². The number of halogens is 1. The van der Waals surface area contributed by atoms with Crippen LogP contribution in [0.15, 0.2) is 71.8 Å². The van der Waals surface area contributed by atoms with Gasteiger partial charge in [-0.2, -0.15) is 5.10 Å². The zero-order valence-electron chi connectivity index (χ0n) is 23.6. The summed E-state index contributed by atoms with van der Waals surface area (Å²) in [6.07, 6.45) is 5.52. The van der Waals surface area contributed by atoms with E-state index in [4.69, 9.17) is 11.6 Å². The molecular weight excluding hydrogens is 538 g/mol. The minimum absolute atomic E-state index is 0.0159. The van der Waals surface area contributed by atoms with Crippen LogP contribution < -0.4 is 16.2 Å². The molecule has 2 amide bonds. The molecule has 4 aromatic rings. The molecule has 2 heterocycles. The molecule has 2 aromatic carbocycles. The Hall–Kier alpha value is -4.17. The van der Waals surface area contributed by atoms with Crippen molar-refractivity contribution in [1.82, 2.24) is 19.7 Å². The van der Waals surface area contributed by atoms with Crippen molar-refractivity contribution in [2.45, 2.75) is 52.1 Å². The largest absolute Gasteiger partial charge is 0.344 e. The maximum atomic E-state index is 13.5. The lowest BCUT2D eigenvalue weighted by atomic mass is 9.99. The summed E-state index contributed by atoms with van der Waals surface area (Å²) in [5, 5.41) is 10.7. The Labute approximate surface area is 244 Å². The van der Waals surface area contributed by atoms with Crippen molar-refractivity contribution < 1.29 is 9.59 Å². The SMILES string of the molecule is Cc1cnn(C)c1-c1ccc(NC(=O)[C@H](Cc2cc(-c3ccc(=O)n(C(C)C)c3)ccc2Cl)NC(=O)C2CC2)cc1. The lowest BCUT2D eigenvalue weighted by Crippen LogP contribution is -2.45. The molecule has 1 atom stereocenters. The van der Waals surface area contributed by atoms with Gasteiger partial charge in [-0.25, -0.2) is 0 Å². The van der Waals surface area contributed by atoms with Gasteiger partial charge in [0.15, 0.2) is 0 Å². The molecule has 2 aromatic heterocycles. The molecule has 0 saturated heterocycles. The number of aromatic nitrogens is 3. The number of hydrogen-bond acceptors (Lipinski definition) is 4. The zero-order valence-corrected chi connectivity index (χ0v) is 24.4. The minimum Gasteiger partial charge on any atom is -0.344 e. The monoisotopic (exact) mass is 571 g/mol. The standard InChI is InChI=1S/C32H34ClN5O3/c1-19(2)38-18-24(10-14-29(38)39)23-9-13-27(33)25(15-23)16-28(36-31(40)22-5-6-22)32(41)35-26-11-7-21(8-12-26)30-20(3)17-34-37(30)4/h7-15,17-19,22,28H,5-6,16H2,1-4H3,(H,35,41)(H,36,40)/t28-/m0/s1. The van der Waals surface area contributed by atoms with Crippen LogP contribution in [0, 0.1) is 12.8 Å². The number of carbonyl (C=O) groups is 2. The normalized spacial score (nSPS) is 13.7. The average molecular weight is 572 g/mol. The van der Waals surface area contributed by atoms with E-state index in [-0.39, 0.29) is 35.8 Å². The Morgan fingerprint density at radius 3 is 2.34 bits per heavy atom. The molecule has 9 heteroatoms. The van der Waals surface area contributed by atoms with Crippen molar-refractivity contribution >= 4 is 29.1 Å². The van der Waals surface area contributed by atoms with Crippen LogP contribution in [0.2, 0.25) is 5.02 Å². The fourth-order valence-corrected chi connectivity index (χ4v) is 5.15. The van der Waals surface area contributed by atoms with Crippen molar-refractivity contribution in [2.24, 2.45) is 13.0 Å². The predicted octanol–water partition coefficient (Wildman–Crippen LogP) is 5.53. The highest BCUT2D eigenvalue weighted by atomic mass is 35.5. The number of anilines is 1. The van der Waals surface area contributed by atoms with Crippen molar-refractivity contribution in [1.29, 1.82) is 0 Å². The van der Waals surface area contributed by atoms with Crippen molar-refractivity contribution in [3.8, 4) is 22.4 Å². The molecule has 0 spiro atoms. The highest BCUT2D eigenvalue weighted by Crippen LogP contribution is 2.30. The summed E-state index contributed by atoms with van der Waals surface area (Å²) in [5.41, 5.74) is 6.08. The fourth-order valence-electron chi connectivity index (χ4n) is 4.96. The molecule has 1 aliphatic rings. The van der Waals surface area contributed by atoms with E-state index in [0.29, 0.717) is 10.7 Å². The first kappa shape index (κ1) is 28.4. The van der Waals surface area contributed by atoms with E-state index < -0.39 is 6.04 Å². The molecule has 0 aliphatic heterocycles. The van der Waals surface area contributed by atoms with Gasteiger partial charge in [-0.05, 0) is 86.2 Å². The average Bonchev–Trinajstić information content (AvgIpc) is 3.74. The second-order valence-corrected chi connectivity index (χ2v) is 11.4. The number of carbonyl (C=O) groups excluding carboxylic acids is 2. The highest BCUT2D eigenvalue weighted by molar-refractivity contribution is 6.31. The molecule has 0 bridgehead atoms. The first-order chi connectivity index (χ1) is 19.6. The Morgan fingerprint density at radius 1 is 1.02 bits per heavy atom. The van der Waals surface area contributed by atoms with Crippen LogP contribution in [0.3, 0.4) is 0 Å². The van der Waals surface area contributed by atoms with Crippen LogP contribution in [0.1, 0.15) is 43.9 Å². The Kier molecular flexibility index (Phi) is 8.13. The fraction of sp³-hybridized carbons (Fsp3) is 0.312. The summed E-state index contributed by atoms with van der Waals surface area (Å²) in [5.74, 6) is -0.493. The molecule has 1 fully saturated rings. The maximum Gasteiger partial charge on any atom is 0.250 e. The predicted molar refractivity (Wildman–Crippen MR) is 162 cm³/mol. The van der Waals surface area contributed by atoms with Gasteiger partial charge >= 0.3 is 0 Å². The van der Waals surface area contributed by atoms with E-state index in [2.05, 4.69) is 15.7 Å². The molecule has 1 saturated carbocycles. The first-order valence-corrected chi connectivity index (χ1v) is 14.2. The molecule has 8 nitrogen and oxygen atoms in total. The van der Waals surface area contributed by atoms with E-state index in [9.17, 15) is 14.4 Å². The lowest BCUT2D eigenvalue weighted by Gasteiger charge is -2.20. The number of rotatable bonds is 9. The second-order valence-electron chi connectivity index (χ2n) is 11.0. The maximum absolute atomic E-state index is 13.5. The third-order valence-electron chi connectivity index (χ3n) is 7.43. The van der Waals surface area contributed by atoms with Gasteiger partial charge < -0.3 is 15.2 Å². The number of nitrogens with one attached hydrogen (secondary N) is 2. The molecule has 41 heavy (non-hydrogen) atoms. The van der Waals surface area contributed by atoms with E-state index >= 15 is 0 Å². The summed E-state index contributed by atoms with van der Waals surface area (Å²) in [7, 11) is 1.90. The van der Waals surface area contributed by atoms with Gasteiger partial charge in [0.25, 0.3) is 5.56 Å². The van der Waals surface area contributed by atoms with Gasteiger partial charge in [-0.15, -0.1) is 0 Å². The quantitative estimate of drug-likeness (QED) is 0.276. The smallest absolute Gasteiger partial charge is 0.250 e. The third kappa shape index (κ3) is 6.43. The molecular formula is C32H34ClN5O3.